The average molecular weight is 391 g/mol. The summed E-state index contributed by atoms with van der Waals surface area (Å²) in [7, 11) is -3.60. The van der Waals surface area contributed by atoms with E-state index in [9.17, 15) is 13.2 Å². The number of nitrogens with one attached hydrogen (secondary N) is 1. The Kier molecular flexibility index (Phi) is 6.85. The number of benzene rings is 2. The molecule has 7 heteroatoms. The van der Waals surface area contributed by atoms with Crippen LogP contribution in [0.4, 0.5) is 5.69 Å². The molecule has 0 fully saturated rings. The minimum Gasteiger partial charge on any atom is -0.491 e. The molecule has 1 unspecified atom stereocenters. The standard InChI is InChI=1S/C20H26N2O4S/c1-15-9-8-12-19(16(15)2)26-14-13-21-20(23)17(3)22(27(4,24)25)18-10-6-5-7-11-18/h5-12,17H,13-14H2,1-4H3,(H,21,23). The van der Waals surface area contributed by atoms with Crippen molar-refractivity contribution in [2.75, 3.05) is 23.7 Å². The second-order valence-corrected chi connectivity index (χ2v) is 8.27. The Balaban J connectivity index is 1.96. The van der Waals surface area contributed by atoms with E-state index >= 15 is 0 Å². The predicted octanol–water partition coefficient (Wildman–Crippen LogP) is 2.65. The van der Waals surface area contributed by atoms with Crippen LogP contribution in [0.25, 0.3) is 0 Å². The highest BCUT2D eigenvalue weighted by molar-refractivity contribution is 7.92. The number of hydrogen-bond acceptors (Lipinski definition) is 4. The van der Waals surface area contributed by atoms with Crippen molar-refractivity contribution in [2.45, 2.75) is 26.8 Å². The van der Waals surface area contributed by atoms with Crippen LogP contribution in [-0.4, -0.2) is 39.8 Å². The Morgan fingerprint density at radius 2 is 1.78 bits per heavy atom. The van der Waals surface area contributed by atoms with Gasteiger partial charge in [-0.25, -0.2) is 8.42 Å². The summed E-state index contributed by atoms with van der Waals surface area (Å²) in [5.74, 6) is 0.396. The summed E-state index contributed by atoms with van der Waals surface area (Å²) >= 11 is 0. The third-order valence-electron chi connectivity index (χ3n) is 4.31. The van der Waals surface area contributed by atoms with Gasteiger partial charge in [-0.1, -0.05) is 30.3 Å². The summed E-state index contributed by atoms with van der Waals surface area (Å²) in [5, 5.41) is 2.74. The Morgan fingerprint density at radius 1 is 1.11 bits per heavy atom. The monoisotopic (exact) mass is 390 g/mol. The van der Waals surface area contributed by atoms with Gasteiger partial charge < -0.3 is 10.1 Å². The number of hydrogen-bond donors (Lipinski definition) is 1. The molecule has 1 N–H and O–H groups in total. The molecule has 146 valence electrons. The third-order valence-corrected chi connectivity index (χ3v) is 5.55. The number of carbonyl (C=O) groups is 1. The molecule has 0 aromatic heterocycles. The van der Waals surface area contributed by atoms with Crippen LogP contribution in [-0.2, 0) is 14.8 Å². The van der Waals surface area contributed by atoms with Gasteiger partial charge in [-0.3, -0.25) is 9.10 Å². The molecule has 2 aromatic rings. The van der Waals surface area contributed by atoms with E-state index in [-0.39, 0.29) is 12.5 Å². The van der Waals surface area contributed by atoms with Crippen molar-refractivity contribution in [3.05, 3.63) is 59.7 Å². The molecule has 2 rings (SSSR count). The summed E-state index contributed by atoms with van der Waals surface area (Å²) in [6, 6.07) is 13.5. The minimum absolute atomic E-state index is 0.281. The van der Waals surface area contributed by atoms with E-state index in [1.807, 2.05) is 32.0 Å². The molecule has 0 radical (unpaired) electrons. The van der Waals surface area contributed by atoms with Gasteiger partial charge in [0.1, 0.15) is 18.4 Å². The zero-order chi connectivity index (χ0) is 20.0. The van der Waals surface area contributed by atoms with E-state index in [0.717, 1.165) is 27.4 Å². The molecule has 1 atom stereocenters. The van der Waals surface area contributed by atoms with Crippen molar-refractivity contribution in [2.24, 2.45) is 0 Å². The third kappa shape index (κ3) is 5.47. The van der Waals surface area contributed by atoms with Crippen LogP contribution in [0, 0.1) is 13.8 Å². The molecule has 2 aromatic carbocycles. The van der Waals surface area contributed by atoms with Gasteiger partial charge >= 0.3 is 0 Å². The molecule has 6 nitrogen and oxygen atoms in total. The highest BCUT2D eigenvalue weighted by Gasteiger charge is 2.28. The van der Waals surface area contributed by atoms with E-state index in [2.05, 4.69) is 5.32 Å². The number of anilines is 1. The zero-order valence-electron chi connectivity index (χ0n) is 16.1. The molecule has 0 aliphatic rings. The van der Waals surface area contributed by atoms with Gasteiger partial charge in [0.15, 0.2) is 0 Å². The van der Waals surface area contributed by atoms with Crippen LogP contribution >= 0.6 is 0 Å². The second-order valence-electron chi connectivity index (χ2n) is 6.41. The lowest BCUT2D eigenvalue weighted by molar-refractivity contribution is -0.121. The van der Waals surface area contributed by atoms with Crippen LogP contribution in [0.3, 0.4) is 0 Å². The van der Waals surface area contributed by atoms with Gasteiger partial charge in [-0.05, 0) is 50.1 Å². The first-order chi connectivity index (χ1) is 12.7. The molecule has 0 heterocycles. The molecule has 1 amide bonds. The number of carbonyl (C=O) groups excluding carboxylic acids is 1. The molecule has 27 heavy (non-hydrogen) atoms. The fourth-order valence-corrected chi connectivity index (χ4v) is 3.92. The minimum atomic E-state index is -3.60. The number of amides is 1. The maximum absolute atomic E-state index is 12.5. The van der Waals surface area contributed by atoms with E-state index in [1.165, 1.54) is 0 Å². The molecule has 0 bridgehead atoms. The lowest BCUT2D eigenvalue weighted by Crippen LogP contribution is -2.48. The predicted molar refractivity (Wildman–Crippen MR) is 108 cm³/mol. The average Bonchev–Trinajstić information content (AvgIpc) is 2.61. The van der Waals surface area contributed by atoms with E-state index < -0.39 is 16.1 Å². The van der Waals surface area contributed by atoms with Crippen LogP contribution in [0.15, 0.2) is 48.5 Å². The van der Waals surface area contributed by atoms with Gasteiger partial charge in [-0.15, -0.1) is 0 Å². The Hall–Kier alpha value is -2.54. The van der Waals surface area contributed by atoms with Crippen molar-refractivity contribution >= 4 is 21.6 Å². The SMILES string of the molecule is Cc1cccc(OCCNC(=O)C(C)N(c2ccccc2)S(C)(=O)=O)c1C. The maximum Gasteiger partial charge on any atom is 0.243 e. The lowest BCUT2D eigenvalue weighted by Gasteiger charge is -2.28. The van der Waals surface area contributed by atoms with Gasteiger partial charge in [0.2, 0.25) is 15.9 Å². The van der Waals surface area contributed by atoms with Gasteiger partial charge in [-0.2, -0.15) is 0 Å². The molecule has 0 spiro atoms. The van der Waals surface area contributed by atoms with E-state index in [0.29, 0.717) is 12.3 Å². The maximum atomic E-state index is 12.5. The van der Waals surface area contributed by atoms with Crippen molar-refractivity contribution in [1.29, 1.82) is 0 Å². The number of aryl methyl sites for hydroxylation is 1. The summed E-state index contributed by atoms with van der Waals surface area (Å²) in [6.45, 7) is 6.13. The number of para-hydroxylation sites is 1. The van der Waals surface area contributed by atoms with Crippen molar-refractivity contribution in [3.8, 4) is 5.75 Å². The summed E-state index contributed by atoms with van der Waals surface area (Å²) in [4.78, 5) is 12.5. The van der Waals surface area contributed by atoms with Gasteiger partial charge in [0.25, 0.3) is 0 Å². The van der Waals surface area contributed by atoms with Gasteiger partial charge in [0.05, 0.1) is 18.5 Å². The molecule has 0 saturated heterocycles. The van der Waals surface area contributed by atoms with Crippen molar-refractivity contribution < 1.29 is 17.9 Å². The van der Waals surface area contributed by atoms with Gasteiger partial charge in [0, 0.05) is 0 Å². The highest BCUT2D eigenvalue weighted by atomic mass is 32.2. The fourth-order valence-electron chi connectivity index (χ4n) is 2.75. The summed E-state index contributed by atoms with van der Waals surface area (Å²) in [5.41, 5.74) is 2.65. The van der Waals surface area contributed by atoms with Crippen LogP contribution in [0.1, 0.15) is 18.1 Å². The first-order valence-corrected chi connectivity index (χ1v) is 10.6. The molecule has 0 aliphatic heterocycles. The second kappa shape index (κ2) is 8.90. The van der Waals surface area contributed by atoms with Crippen LogP contribution < -0.4 is 14.4 Å². The largest absolute Gasteiger partial charge is 0.491 e. The number of rotatable bonds is 8. The van der Waals surface area contributed by atoms with Crippen LogP contribution in [0.5, 0.6) is 5.75 Å². The highest BCUT2D eigenvalue weighted by Crippen LogP contribution is 2.21. The van der Waals surface area contributed by atoms with Crippen molar-refractivity contribution in [3.63, 3.8) is 0 Å². The molecule has 0 aliphatic carbocycles. The number of nitrogens with zero attached hydrogens (tertiary/aromatic N) is 1. The first-order valence-electron chi connectivity index (χ1n) is 8.73. The van der Waals surface area contributed by atoms with Crippen LogP contribution in [0.2, 0.25) is 0 Å². The smallest absolute Gasteiger partial charge is 0.243 e. The fraction of sp³-hybridized carbons (Fsp3) is 0.350. The zero-order valence-corrected chi connectivity index (χ0v) is 16.9. The summed E-state index contributed by atoms with van der Waals surface area (Å²) in [6.07, 6.45) is 1.09. The topological polar surface area (TPSA) is 75.7 Å². The Bertz CT molecular complexity index is 882. The van der Waals surface area contributed by atoms with E-state index in [4.69, 9.17) is 4.74 Å². The first kappa shape index (κ1) is 20.8. The number of ether oxygens (including phenoxy) is 1. The summed E-state index contributed by atoms with van der Waals surface area (Å²) < 4.78 is 31.2. The van der Waals surface area contributed by atoms with E-state index in [1.54, 1.807) is 37.3 Å². The molecular weight excluding hydrogens is 364 g/mol. The normalized spacial score (nSPS) is 12.3. The lowest BCUT2D eigenvalue weighted by atomic mass is 10.1. The molecular formula is C20H26N2O4S. The quantitative estimate of drug-likeness (QED) is 0.703. The Morgan fingerprint density at radius 3 is 2.41 bits per heavy atom. The van der Waals surface area contributed by atoms with Crippen molar-refractivity contribution in [1.82, 2.24) is 5.32 Å². The molecule has 0 saturated carbocycles. The number of sulfonamides is 1. The Labute approximate surface area is 161 Å².